The number of ether oxygens (including phenoxy) is 5. The van der Waals surface area contributed by atoms with Crippen molar-refractivity contribution in [2.75, 3.05) is 34.0 Å². The molecule has 0 aromatic heterocycles. The summed E-state index contributed by atoms with van der Waals surface area (Å²) in [4.78, 5) is 0. The van der Waals surface area contributed by atoms with Crippen molar-refractivity contribution < 1.29 is 36.9 Å². The third-order valence-electron chi connectivity index (χ3n) is 5.99. The molecule has 9 heteroatoms. The van der Waals surface area contributed by atoms with Crippen molar-refractivity contribution in [3.63, 3.8) is 0 Å². The lowest BCUT2D eigenvalue weighted by molar-refractivity contribution is -0.267. The number of hydrogen-bond donors (Lipinski definition) is 1. The Morgan fingerprint density at radius 2 is 1.49 bits per heavy atom. The quantitative estimate of drug-likeness (QED) is 0.458. The fourth-order valence-electron chi connectivity index (χ4n) is 3.83. The first kappa shape index (κ1) is 27.1. The van der Waals surface area contributed by atoms with Crippen LogP contribution in [-0.4, -0.2) is 45.4 Å². The lowest BCUT2D eigenvalue weighted by atomic mass is 9.92. The normalized spacial score (nSPS) is 17.1. The van der Waals surface area contributed by atoms with Crippen LogP contribution in [0, 0.1) is 0 Å². The largest absolute Gasteiger partial charge is 0.493 e. The molecule has 194 valence electrons. The molecule has 1 aliphatic heterocycles. The molecule has 0 unspecified atom stereocenters. The number of alkyl halides is 3. The molecule has 3 rings (SSSR count). The molecule has 0 amide bonds. The molecular weight excluding hydrogens is 463 g/mol. The van der Waals surface area contributed by atoms with Gasteiger partial charge in [-0.25, -0.2) is 0 Å². The molecule has 2 aromatic rings. The highest BCUT2D eigenvalue weighted by Gasteiger charge is 2.38. The van der Waals surface area contributed by atoms with Gasteiger partial charge in [0.1, 0.15) is 5.75 Å². The summed E-state index contributed by atoms with van der Waals surface area (Å²) in [5, 5.41) is 0. The molecule has 1 fully saturated rings. The second-order valence-corrected chi connectivity index (χ2v) is 9.31. The summed E-state index contributed by atoms with van der Waals surface area (Å²) >= 11 is 0. The fraction of sp³-hybridized carbons (Fsp3) is 0.538. The maximum Gasteiger partial charge on any atom is 0.419 e. The second kappa shape index (κ2) is 11.1. The number of benzene rings is 2. The van der Waals surface area contributed by atoms with E-state index in [1.807, 2.05) is 12.1 Å². The predicted molar refractivity (Wildman–Crippen MR) is 126 cm³/mol. The van der Waals surface area contributed by atoms with Crippen molar-refractivity contribution in [3.05, 3.63) is 53.1 Å². The molecule has 0 radical (unpaired) electrons. The maximum atomic E-state index is 13.7. The molecule has 6 nitrogen and oxygen atoms in total. The van der Waals surface area contributed by atoms with Crippen molar-refractivity contribution in [2.45, 2.75) is 57.0 Å². The molecule has 35 heavy (non-hydrogen) atoms. The summed E-state index contributed by atoms with van der Waals surface area (Å²) in [7, 11) is 3.11. The molecule has 0 spiro atoms. The third kappa shape index (κ3) is 7.49. The Bertz CT molecular complexity index is 983. The standard InChI is InChI=1S/C26H34F3NO5/c1-24(2)34-16-25(30,17-35-24)12-11-19-7-9-21(20(14-19)26(27,28)29)33-13-5-6-18-8-10-22(31-3)23(15-18)32-4/h7-10,14-15H,5-6,11-13,16-17,30H2,1-4H3. The van der Waals surface area contributed by atoms with E-state index >= 15 is 0 Å². The van der Waals surface area contributed by atoms with Crippen molar-refractivity contribution >= 4 is 0 Å². The summed E-state index contributed by atoms with van der Waals surface area (Å²) in [5.74, 6) is 0.345. The van der Waals surface area contributed by atoms with Gasteiger partial charge in [0.2, 0.25) is 0 Å². The van der Waals surface area contributed by atoms with Crippen LogP contribution in [0.1, 0.15) is 43.4 Å². The highest BCUT2D eigenvalue weighted by molar-refractivity contribution is 5.43. The van der Waals surface area contributed by atoms with E-state index in [-0.39, 0.29) is 25.6 Å². The monoisotopic (exact) mass is 497 g/mol. The average molecular weight is 498 g/mol. The van der Waals surface area contributed by atoms with E-state index in [4.69, 9.17) is 29.4 Å². The molecule has 1 aliphatic rings. The highest BCUT2D eigenvalue weighted by atomic mass is 19.4. The average Bonchev–Trinajstić information content (AvgIpc) is 2.82. The number of nitrogens with two attached hydrogens (primary N) is 1. The minimum absolute atomic E-state index is 0.146. The molecule has 1 heterocycles. The molecule has 2 aromatic carbocycles. The topological polar surface area (TPSA) is 72.2 Å². The molecule has 0 atom stereocenters. The Balaban J connectivity index is 1.59. The van der Waals surface area contributed by atoms with Crippen molar-refractivity contribution in [3.8, 4) is 17.2 Å². The zero-order valence-electron chi connectivity index (χ0n) is 20.7. The lowest BCUT2D eigenvalue weighted by Gasteiger charge is -2.41. The van der Waals surface area contributed by atoms with E-state index in [1.165, 1.54) is 6.07 Å². The van der Waals surface area contributed by atoms with Crippen molar-refractivity contribution in [1.29, 1.82) is 0 Å². The van der Waals surface area contributed by atoms with Crippen LogP contribution in [0.25, 0.3) is 0 Å². The lowest BCUT2D eigenvalue weighted by Crippen LogP contribution is -2.57. The van der Waals surface area contributed by atoms with Gasteiger partial charge >= 0.3 is 6.18 Å². The number of aryl methyl sites for hydroxylation is 2. The van der Waals surface area contributed by atoms with Gasteiger partial charge in [-0.3, -0.25) is 0 Å². The molecule has 2 N–H and O–H groups in total. The Labute approximate surface area is 204 Å². The zero-order chi connectivity index (χ0) is 25.7. The van der Waals surface area contributed by atoms with E-state index < -0.39 is 23.1 Å². The zero-order valence-corrected chi connectivity index (χ0v) is 20.7. The Kier molecular flexibility index (Phi) is 8.56. The summed E-state index contributed by atoms with van der Waals surface area (Å²) in [5.41, 5.74) is 6.31. The van der Waals surface area contributed by atoms with Gasteiger partial charge in [0.05, 0.1) is 45.1 Å². The van der Waals surface area contributed by atoms with Gasteiger partial charge in [0.25, 0.3) is 0 Å². The van der Waals surface area contributed by atoms with Crippen LogP contribution in [0.15, 0.2) is 36.4 Å². The maximum absolute atomic E-state index is 13.7. The first-order valence-electron chi connectivity index (χ1n) is 11.6. The SMILES string of the molecule is COc1ccc(CCCOc2ccc(CCC3(N)COC(C)(C)OC3)cc2C(F)(F)F)cc1OC. The van der Waals surface area contributed by atoms with Gasteiger partial charge < -0.3 is 29.4 Å². The highest BCUT2D eigenvalue weighted by Crippen LogP contribution is 2.37. The second-order valence-electron chi connectivity index (χ2n) is 9.31. The van der Waals surface area contributed by atoms with Crippen LogP contribution < -0.4 is 19.9 Å². The van der Waals surface area contributed by atoms with Crippen LogP contribution in [0.5, 0.6) is 17.2 Å². The molecule has 0 aliphatic carbocycles. The minimum Gasteiger partial charge on any atom is -0.493 e. The third-order valence-corrected chi connectivity index (χ3v) is 5.99. The van der Waals surface area contributed by atoms with E-state index in [0.717, 1.165) is 11.6 Å². The first-order valence-corrected chi connectivity index (χ1v) is 11.6. The van der Waals surface area contributed by atoms with Crippen molar-refractivity contribution in [1.82, 2.24) is 0 Å². The van der Waals surface area contributed by atoms with Crippen LogP contribution in [0.2, 0.25) is 0 Å². The van der Waals surface area contributed by atoms with Gasteiger partial charge in [-0.2, -0.15) is 13.2 Å². The number of rotatable bonds is 10. The fourth-order valence-corrected chi connectivity index (χ4v) is 3.83. The first-order chi connectivity index (χ1) is 16.4. The van der Waals surface area contributed by atoms with Crippen LogP contribution >= 0.6 is 0 Å². The van der Waals surface area contributed by atoms with E-state index in [2.05, 4.69) is 0 Å². The summed E-state index contributed by atoms with van der Waals surface area (Å²) < 4.78 is 68.5. The van der Waals surface area contributed by atoms with Crippen molar-refractivity contribution in [2.24, 2.45) is 5.73 Å². The van der Waals surface area contributed by atoms with Crippen LogP contribution in [0.3, 0.4) is 0 Å². The number of halogens is 3. The van der Waals surface area contributed by atoms with Gasteiger partial charge in [0.15, 0.2) is 17.3 Å². The van der Waals surface area contributed by atoms with Gasteiger partial charge in [-0.05, 0) is 74.9 Å². The predicted octanol–water partition coefficient (Wildman–Crippen LogP) is 5.15. The van der Waals surface area contributed by atoms with E-state index in [0.29, 0.717) is 42.7 Å². The van der Waals surface area contributed by atoms with Gasteiger partial charge in [-0.1, -0.05) is 12.1 Å². The smallest absolute Gasteiger partial charge is 0.419 e. The molecule has 0 saturated carbocycles. The Hall–Kier alpha value is -2.49. The summed E-state index contributed by atoms with van der Waals surface area (Å²) in [6.45, 7) is 4.32. The minimum atomic E-state index is -4.53. The number of methoxy groups -OCH3 is 2. The van der Waals surface area contributed by atoms with Gasteiger partial charge in [-0.15, -0.1) is 0 Å². The summed E-state index contributed by atoms with van der Waals surface area (Å²) in [6.07, 6.45) is -2.56. The number of hydrogen-bond acceptors (Lipinski definition) is 6. The molecule has 0 bridgehead atoms. The molecular formula is C26H34F3NO5. The van der Waals surface area contributed by atoms with E-state index in [9.17, 15) is 13.2 Å². The van der Waals surface area contributed by atoms with E-state index in [1.54, 1.807) is 40.2 Å². The Morgan fingerprint density at radius 1 is 0.886 bits per heavy atom. The summed E-state index contributed by atoms with van der Waals surface area (Å²) in [6, 6.07) is 9.72. The van der Waals surface area contributed by atoms with Crippen LogP contribution in [0.4, 0.5) is 13.2 Å². The Morgan fingerprint density at radius 3 is 2.09 bits per heavy atom. The van der Waals surface area contributed by atoms with Crippen LogP contribution in [-0.2, 0) is 28.5 Å². The van der Waals surface area contributed by atoms with Gasteiger partial charge in [0, 0.05) is 0 Å². The molecule has 1 saturated heterocycles.